The molecule has 1 unspecified atom stereocenters. The molecule has 1 aromatic carbocycles. The molecule has 4 N–H and O–H groups in total. The smallest absolute Gasteiger partial charge is 0.323 e. The summed E-state index contributed by atoms with van der Waals surface area (Å²) in [5, 5.41) is 15.3. The van der Waals surface area contributed by atoms with Crippen molar-refractivity contribution in [3.8, 4) is 0 Å². The molecule has 2 aliphatic rings. The van der Waals surface area contributed by atoms with Gasteiger partial charge in [0.1, 0.15) is 6.04 Å². The van der Waals surface area contributed by atoms with Crippen LogP contribution in [0.25, 0.3) is 0 Å². The highest BCUT2D eigenvalue weighted by atomic mass is 32.2. The summed E-state index contributed by atoms with van der Waals surface area (Å²) in [5.74, 6) is -1.60. The van der Waals surface area contributed by atoms with E-state index in [1.165, 1.54) is 24.3 Å². The van der Waals surface area contributed by atoms with Crippen molar-refractivity contribution in [1.29, 1.82) is 0 Å². The molecule has 1 aromatic rings. The molecule has 188 valence electrons. The molecule has 2 saturated heterocycles. The quantitative estimate of drug-likeness (QED) is 0.372. The monoisotopic (exact) mass is 494 g/mol. The molecule has 2 aliphatic heterocycles. The molecule has 0 radical (unpaired) electrons. The fourth-order valence-electron chi connectivity index (χ4n) is 4.46. The third-order valence-corrected chi connectivity index (χ3v) is 7.99. The molecule has 0 bridgehead atoms. The highest BCUT2D eigenvalue weighted by Crippen LogP contribution is 2.21. The summed E-state index contributed by atoms with van der Waals surface area (Å²) in [7, 11) is -4.05. The van der Waals surface area contributed by atoms with E-state index >= 15 is 0 Å². The van der Waals surface area contributed by atoms with Crippen molar-refractivity contribution in [1.82, 2.24) is 20.3 Å². The van der Waals surface area contributed by atoms with Crippen molar-refractivity contribution in [2.24, 2.45) is 11.8 Å². The Morgan fingerprint density at radius 1 is 1.12 bits per heavy atom. The lowest BCUT2D eigenvalue weighted by atomic mass is 9.92. The Morgan fingerprint density at radius 2 is 1.82 bits per heavy atom. The Bertz CT molecular complexity index is 949. The molecule has 11 heteroatoms. The minimum absolute atomic E-state index is 0.0510. The lowest BCUT2D eigenvalue weighted by Crippen LogP contribution is -2.51. The van der Waals surface area contributed by atoms with E-state index in [-0.39, 0.29) is 23.3 Å². The van der Waals surface area contributed by atoms with Gasteiger partial charge in [-0.25, -0.2) is 8.42 Å². The summed E-state index contributed by atoms with van der Waals surface area (Å²) in [6.45, 7) is 2.50. The maximum Gasteiger partial charge on any atom is 0.323 e. The average molecular weight is 495 g/mol. The van der Waals surface area contributed by atoms with Gasteiger partial charge in [-0.1, -0.05) is 18.2 Å². The number of amides is 2. The van der Waals surface area contributed by atoms with Gasteiger partial charge in [-0.15, -0.1) is 0 Å². The standard InChI is InChI=1S/C23H34N4O6S/c28-21(9-8-17-10-12-24-13-11-17)27-14-4-5-18(16-27)22(29)25-15-20(23(30)31)26-34(32,33)19-6-2-1-3-7-19/h1-3,6-7,17-18,20,24,26H,4-5,8-16H2,(H,25,29)(H,30,31)/t18-,20?/m1/s1. The van der Waals surface area contributed by atoms with E-state index in [1.807, 2.05) is 0 Å². The molecule has 10 nitrogen and oxygen atoms in total. The Labute approximate surface area is 200 Å². The molecule has 0 aromatic heterocycles. The van der Waals surface area contributed by atoms with Crippen molar-refractivity contribution >= 4 is 27.8 Å². The molecular weight excluding hydrogens is 460 g/mol. The van der Waals surface area contributed by atoms with Crippen LogP contribution in [0, 0.1) is 11.8 Å². The minimum atomic E-state index is -4.05. The van der Waals surface area contributed by atoms with Gasteiger partial charge in [0.05, 0.1) is 10.8 Å². The Balaban J connectivity index is 1.49. The first-order valence-electron chi connectivity index (χ1n) is 11.8. The summed E-state index contributed by atoms with van der Waals surface area (Å²) in [6.07, 6.45) is 4.78. The Hall–Kier alpha value is -2.50. The molecule has 0 spiro atoms. The number of carbonyl (C=O) groups excluding carboxylic acids is 2. The van der Waals surface area contributed by atoms with E-state index in [9.17, 15) is 27.9 Å². The third kappa shape index (κ3) is 7.51. The number of hydrogen-bond acceptors (Lipinski definition) is 6. The van der Waals surface area contributed by atoms with Crippen LogP contribution in [0.3, 0.4) is 0 Å². The normalized spacial score (nSPS) is 20.5. The first-order chi connectivity index (χ1) is 16.3. The second-order valence-electron chi connectivity index (χ2n) is 8.98. The molecule has 3 rings (SSSR count). The lowest BCUT2D eigenvalue weighted by molar-refractivity contribution is -0.139. The summed E-state index contributed by atoms with van der Waals surface area (Å²) in [6, 6.07) is 5.93. The van der Waals surface area contributed by atoms with Gasteiger partial charge < -0.3 is 20.6 Å². The van der Waals surface area contributed by atoms with E-state index in [1.54, 1.807) is 11.0 Å². The topological polar surface area (TPSA) is 145 Å². The van der Waals surface area contributed by atoms with Gasteiger partial charge in [0.25, 0.3) is 0 Å². The van der Waals surface area contributed by atoms with Crippen molar-refractivity contribution in [3.63, 3.8) is 0 Å². The molecule has 0 aliphatic carbocycles. The van der Waals surface area contributed by atoms with Gasteiger partial charge in [-0.05, 0) is 63.2 Å². The number of rotatable bonds is 10. The summed E-state index contributed by atoms with van der Waals surface area (Å²) >= 11 is 0. The zero-order valence-corrected chi connectivity index (χ0v) is 20.1. The number of nitrogens with zero attached hydrogens (tertiary/aromatic N) is 1. The second kappa shape index (κ2) is 12.3. The molecule has 2 heterocycles. The van der Waals surface area contributed by atoms with Gasteiger partial charge >= 0.3 is 5.97 Å². The van der Waals surface area contributed by atoms with E-state index in [2.05, 4.69) is 15.4 Å². The predicted molar refractivity (Wildman–Crippen MR) is 125 cm³/mol. The zero-order valence-electron chi connectivity index (χ0n) is 19.2. The molecule has 2 amide bonds. The van der Waals surface area contributed by atoms with Crippen LogP contribution in [0.15, 0.2) is 35.2 Å². The molecule has 2 atom stereocenters. The summed E-state index contributed by atoms with van der Waals surface area (Å²) in [4.78, 5) is 38.7. The first-order valence-corrected chi connectivity index (χ1v) is 13.3. The number of carbonyl (C=O) groups is 3. The third-order valence-electron chi connectivity index (χ3n) is 6.50. The maximum absolute atomic E-state index is 12.7. The van der Waals surface area contributed by atoms with Crippen molar-refractivity contribution in [3.05, 3.63) is 30.3 Å². The summed E-state index contributed by atoms with van der Waals surface area (Å²) < 4.78 is 27.0. The number of carboxylic acids is 1. The Morgan fingerprint density at radius 3 is 2.50 bits per heavy atom. The van der Waals surface area contributed by atoms with Crippen LogP contribution in [-0.2, 0) is 24.4 Å². The number of nitrogens with one attached hydrogen (secondary N) is 3. The van der Waals surface area contributed by atoms with Gasteiger partial charge in [0.15, 0.2) is 0 Å². The molecule has 34 heavy (non-hydrogen) atoms. The van der Waals surface area contributed by atoms with Crippen LogP contribution in [0.5, 0.6) is 0 Å². The highest BCUT2D eigenvalue weighted by molar-refractivity contribution is 7.89. The van der Waals surface area contributed by atoms with Gasteiger partial charge in [0, 0.05) is 26.1 Å². The van der Waals surface area contributed by atoms with Crippen LogP contribution in [-0.4, -0.2) is 75.0 Å². The first kappa shape index (κ1) is 26.1. The van der Waals surface area contributed by atoms with Crippen LogP contribution in [0.2, 0.25) is 0 Å². The van der Waals surface area contributed by atoms with E-state index in [0.717, 1.165) is 32.4 Å². The van der Waals surface area contributed by atoms with Gasteiger partial charge in [0.2, 0.25) is 21.8 Å². The second-order valence-corrected chi connectivity index (χ2v) is 10.7. The van der Waals surface area contributed by atoms with Crippen LogP contribution in [0.1, 0.15) is 38.5 Å². The number of carboxylic acid groups (broad SMARTS) is 1. The van der Waals surface area contributed by atoms with Crippen molar-refractivity contribution in [2.75, 3.05) is 32.7 Å². The highest BCUT2D eigenvalue weighted by Gasteiger charge is 2.31. The molecular formula is C23H34N4O6S. The number of likely N-dealkylation sites (tertiary alicyclic amines) is 1. The van der Waals surface area contributed by atoms with Crippen LogP contribution >= 0.6 is 0 Å². The largest absolute Gasteiger partial charge is 0.480 e. The van der Waals surface area contributed by atoms with Crippen LogP contribution in [0.4, 0.5) is 0 Å². The van der Waals surface area contributed by atoms with E-state index in [0.29, 0.717) is 38.3 Å². The fourth-order valence-corrected chi connectivity index (χ4v) is 5.67. The Kier molecular flexibility index (Phi) is 9.43. The number of hydrogen-bond donors (Lipinski definition) is 4. The zero-order chi connectivity index (χ0) is 24.6. The van der Waals surface area contributed by atoms with Gasteiger partial charge in [-0.3, -0.25) is 14.4 Å². The molecule has 0 saturated carbocycles. The van der Waals surface area contributed by atoms with Crippen molar-refractivity contribution in [2.45, 2.75) is 49.5 Å². The number of aliphatic carboxylic acids is 1. The lowest BCUT2D eigenvalue weighted by Gasteiger charge is -2.33. The number of sulfonamides is 1. The predicted octanol–water partition coefficient (Wildman–Crippen LogP) is 0.553. The fraction of sp³-hybridized carbons (Fsp3) is 0.609. The van der Waals surface area contributed by atoms with Crippen LogP contribution < -0.4 is 15.4 Å². The maximum atomic E-state index is 12.7. The van der Waals surface area contributed by atoms with E-state index in [4.69, 9.17) is 0 Å². The molecule has 2 fully saturated rings. The van der Waals surface area contributed by atoms with Gasteiger partial charge in [-0.2, -0.15) is 4.72 Å². The SMILES string of the molecule is O=C(O)C(CNC(=O)[C@@H]1CCCN(C(=O)CCC2CCNCC2)C1)NS(=O)(=O)c1ccccc1. The summed E-state index contributed by atoms with van der Waals surface area (Å²) in [5.41, 5.74) is 0. The minimum Gasteiger partial charge on any atom is -0.480 e. The van der Waals surface area contributed by atoms with E-state index < -0.39 is 28.0 Å². The van der Waals surface area contributed by atoms with Crippen molar-refractivity contribution < 1.29 is 27.9 Å². The number of benzene rings is 1. The number of piperidine rings is 2. The average Bonchev–Trinajstić information content (AvgIpc) is 2.86.